The monoisotopic (exact) mass is 376 g/mol. The SMILES string of the molecule is CCc1onc(C)c1-c1cccc(C2CCN(C(=O)c3cccnc3)CC2)n1. The van der Waals surface area contributed by atoms with Gasteiger partial charge in [-0.3, -0.25) is 14.8 Å². The maximum absolute atomic E-state index is 12.6. The van der Waals surface area contributed by atoms with Crippen LogP contribution in [-0.4, -0.2) is 39.0 Å². The number of hydrogen-bond acceptors (Lipinski definition) is 5. The van der Waals surface area contributed by atoms with E-state index in [1.165, 1.54) is 0 Å². The zero-order valence-corrected chi connectivity index (χ0v) is 16.3. The molecule has 28 heavy (non-hydrogen) atoms. The summed E-state index contributed by atoms with van der Waals surface area (Å²) in [6.07, 6.45) is 5.92. The molecule has 144 valence electrons. The summed E-state index contributed by atoms with van der Waals surface area (Å²) < 4.78 is 5.43. The lowest BCUT2D eigenvalue weighted by atomic mass is 9.92. The van der Waals surface area contributed by atoms with Crippen molar-refractivity contribution in [3.63, 3.8) is 0 Å². The Morgan fingerprint density at radius 2 is 2.04 bits per heavy atom. The van der Waals surface area contributed by atoms with Crippen LogP contribution in [0.4, 0.5) is 0 Å². The molecule has 0 radical (unpaired) electrons. The van der Waals surface area contributed by atoms with Gasteiger partial charge in [0.25, 0.3) is 5.91 Å². The quantitative estimate of drug-likeness (QED) is 0.688. The third-order valence-corrected chi connectivity index (χ3v) is 5.39. The highest BCUT2D eigenvalue weighted by Crippen LogP contribution is 2.31. The second-order valence-corrected chi connectivity index (χ2v) is 7.18. The molecule has 1 amide bonds. The molecule has 1 fully saturated rings. The van der Waals surface area contributed by atoms with Crippen LogP contribution in [0.5, 0.6) is 0 Å². The van der Waals surface area contributed by atoms with Gasteiger partial charge < -0.3 is 9.42 Å². The van der Waals surface area contributed by atoms with Crippen LogP contribution in [0.25, 0.3) is 11.3 Å². The van der Waals surface area contributed by atoms with Crippen molar-refractivity contribution >= 4 is 5.91 Å². The molecule has 0 saturated carbocycles. The summed E-state index contributed by atoms with van der Waals surface area (Å²) in [6.45, 7) is 5.48. The van der Waals surface area contributed by atoms with E-state index in [0.717, 1.165) is 60.8 Å². The number of carbonyl (C=O) groups is 1. The Morgan fingerprint density at radius 1 is 1.21 bits per heavy atom. The van der Waals surface area contributed by atoms with Crippen LogP contribution in [0, 0.1) is 6.92 Å². The molecule has 1 saturated heterocycles. The van der Waals surface area contributed by atoms with Crippen LogP contribution in [0.3, 0.4) is 0 Å². The van der Waals surface area contributed by atoms with Crippen molar-refractivity contribution in [2.45, 2.75) is 39.0 Å². The number of likely N-dealkylation sites (tertiary alicyclic amines) is 1. The van der Waals surface area contributed by atoms with Crippen molar-refractivity contribution < 1.29 is 9.32 Å². The molecule has 0 atom stereocenters. The second-order valence-electron chi connectivity index (χ2n) is 7.18. The predicted octanol–water partition coefficient (Wildman–Crippen LogP) is 4.02. The molecule has 4 heterocycles. The first-order chi connectivity index (χ1) is 13.7. The van der Waals surface area contributed by atoms with Crippen LogP contribution in [0.2, 0.25) is 0 Å². The average Bonchev–Trinajstić information content (AvgIpc) is 3.14. The van der Waals surface area contributed by atoms with Crippen molar-refractivity contribution in [3.8, 4) is 11.3 Å². The Hall–Kier alpha value is -3.02. The minimum absolute atomic E-state index is 0.0564. The Bertz CT molecular complexity index is 960. The lowest BCUT2D eigenvalue weighted by molar-refractivity contribution is 0.0711. The molecular weight excluding hydrogens is 352 g/mol. The summed E-state index contributed by atoms with van der Waals surface area (Å²) in [7, 11) is 0. The van der Waals surface area contributed by atoms with E-state index in [1.54, 1.807) is 18.5 Å². The standard InChI is InChI=1S/C22H24N4O2/c1-3-20-21(15(2)25-28-20)19-8-4-7-18(24-19)16-9-12-26(13-10-16)22(27)17-6-5-11-23-14-17/h4-8,11,14,16H,3,9-10,12-13H2,1-2H3. The highest BCUT2D eigenvalue weighted by atomic mass is 16.5. The molecule has 0 N–H and O–H groups in total. The Balaban J connectivity index is 1.48. The van der Waals surface area contributed by atoms with E-state index < -0.39 is 0 Å². The number of aromatic nitrogens is 3. The molecule has 0 spiro atoms. The molecule has 1 aliphatic rings. The van der Waals surface area contributed by atoms with Gasteiger partial charge in [0.2, 0.25) is 0 Å². The maximum atomic E-state index is 12.6. The minimum atomic E-state index is 0.0564. The number of amides is 1. The molecule has 0 aromatic carbocycles. The lowest BCUT2D eigenvalue weighted by Gasteiger charge is -2.32. The molecule has 1 aliphatic heterocycles. The largest absolute Gasteiger partial charge is 0.360 e. The Morgan fingerprint density at radius 3 is 2.75 bits per heavy atom. The molecular formula is C22H24N4O2. The number of hydrogen-bond donors (Lipinski definition) is 0. The number of piperidine rings is 1. The highest BCUT2D eigenvalue weighted by Gasteiger charge is 2.26. The van der Waals surface area contributed by atoms with Gasteiger partial charge in [-0.1, -0.05) is 18.1 Å². The van der Waals surface area contributed by atoms with E-state index in [4.69, 9.17) is 9.51 Å². The summed E-state index contributed by atoms with van der Waals surface area (Å²) in [5.74, 6) is 1.28. The van der Waals surface area contributed by atoms with Gasteiger partial charge in [-0.2, -0.15) is 0 Å². The van der Waals surface area contributed by atoms with Gasteiger partial charge in [0.05, 0.1) is 22.5 Å². The summed E-state index contributed by atoms with van der Waals surface area (Å²) >= 11 is 0. The fourth-order valence-electron chi connectivity index (χ4n) is 3.85. The van der Waals surface area contributed by atoms with E-state index in [9.17, 15) is 4.79 Å². The van der Waals surface area contributed by atoms with Gasteiger partial charge in [-0.05, 0) is 44.0 Å². The lowest BCUT2D eigenvalue weighted by Crippen LogP contribution is -2.38. The minimum Gasteiger partial charge on any atom is -0.360 e. The topological polar surface area (TPSA) is 72.1 Å². The first-order valence-corrected chi connectivity index (χ1v) is 9.79. The summed E-state index contributed by atoms with van der Waals surface area (Å²) in [4.78, 5) is 23.5. The van der Waals surface area contributed by atoms with Gasteiger partial charge in [-0.15, -0.1) is 0 Å². The van der Waals surface area contributed by atoms with E-state index >= 15 is 0 Å². The number of pyridine rings is 2. The van der Waals surface area contributed by atoms with Gasteiger partial charge in [0.15, 0.2) is 0 Å². The molecule has 6 nitrogen and oxygen atoms in total. The van der Waals surface area contributed by atoms with Crippen LogP contribution in [-0.2, 0) is 6.42 Å². The van der Waals surface area contributed by atoms with Gasteiger partial charge in [0.1, 0.15) is 5.76 Å². The van der Waals surface area contributed by atoms with Crippen LogP contribution in [0.15, 0.2) is 47.2 Å². The number of nitrogens with zero attached hydrogens (tertiary/aromatic N) is 4. The summed E-state index contributed by atoms with van der Waals surface area (Å²) in [5.41, 5.74) is 4.53. The number of aryl methyl sites for hydroxylation is 2. The van der Waals surface area contributed by atoms with E-state index in [0.29, 0.717) is 11.5 Å². The van der Waals surface area contributed by atoms with Crippen molar-refractivity contribution in [3.05, 3.63) is 65.4 Å². The summed E-state index contributed by atoms with van der Waals surface area (Å²) in [5, 5.41) is 4.10. The first-order valence-electron chi connectivity index (χ1n) is 9.79. The fourth-order valence-corrected chi connectivity index (χ4v) is 3.85. The van der Waals surface area contributed by atoms with Crippen LogP contribution < -0.4 is 0 Å². The Kier molecular flexibility index (Phi) is 5.19. The van der Waals surface area contributed by atoms with Crippen molar-refractivity contribution in [2.24, 2.45) is 0 Å². The second kappa shape index (κ2) is 7.92. The van der Waals surface area contributed by atoms with E-state index in [2.05, 4.69) is 29.2 Å². The van der Waals surface area contributed by atoms with Crippen molar-refractivity contribution in [2.75, 3.05) is 13.1 Å². The molecule has 0 aliphatic carbocycles. The average molecular weight is 376 g/mol. The number of rotatable bonds is 4. The molecule has 3 aromatic rings. The normalized spacial score (nSPS) is 15.0. The fraction of sp³-hybridized carbons (Fsp3) is 0.364. The smallest absolute Gasteiger partial charge is 0.255 e. The van der Waals surface area contributed by atoms with E-state index in [-0.39, 0.29) is 5.91 Å². The summed E-state index contributed by atoms with van der Waals surface area (Å²) in [6, 6.07) is 9.77. The van der Waals surface area contributed by atoms with Crippen LogP contribution in [0.1, 0.15) is 53.2 Å². The molecule has 6 heteroatoms. The Labute approximate surface area is 164 Å². The highest BCUT2D eigenvalue weighted by molar-refractivity contribution is 5.93. The first kappa shape index (κ1) is 18.3. The molecule has 0 bridgehead atoms. The third kappa shape index (κ3) is 3.54. The maximum Gasteiger partial charge on any atom is 0.255 e. The van der Waals surface area contributed by atoms with Crippen LogP contribution >= 0.6 is 0 Å². The zero-order valence-electron chi connectivity index (χ0n) is 16.3. The third-order valence-electron chi connectivity index (χ3n) is 5.39. The van der Waals surface area contributed by atoms with Gasteiger partial charge in [-0.25, -0.2) is 0 Å². The molecule has 3 aromatic heterocycles. The number of carbonyl (C=O) groups excluding carboxylic acids is 1. The molecule has 4 rings (SSSR count). The van der Waals surface area contributed by atoms with E-state index in [1.807, 2.05) is 24.0 Å². The zero-order chi connectivity index (χ0) is 19.5. The molecule has 0 unspecified atom stereocenters. The van der Waals surface area contributed by atoms with Crippen molar-refractivity contribution in [1.29, 1.82) is 0 Å². The van der Waals surface area contributed by atoms with Gasteiger partial charge in [0, 0.05) is 43.5 Å². The predicted molar refractivity (Wildman–Crippen MR) is 106 cm³/mol. The van der Waals surface area contributed by atoms with Crippen molar-refractivity contribution in [1.82, 2.24) is 20.0 Å². The van der Waals surface area contributed by atoms with Gasteiger partial charge >= 0.3 is 0 Å².